The lowest BCUT2D eigenvalue weighted by Gasteiger charge is -2.29. The summed E-state index contributed by atoms with van der Waals surface area (Å²) in [5.41, 5.74) is -0.449. The van der Waals surface area contributed by atoms with Crippen LogP contribution in [0.15, 0.2) is 0 Å². The first kappa shape index (κ1) is 16.9. The summed E-state index contributed by atoms with van der Waals surface area (Å²) in [6.45, 7) is 11.0. The van der Waals surface area contributed by atoms with E-state index in [0.717, 1.165) is 0 Å². The molecule has 0 radical (unpaired) electrons. The number of carboxylic acid groups (broad SMARTS) is 1. The van der Waals surface area contributed by atoms with E-state index in [1.165, 1.54) is 0 Å². The summed E-state index contributed by atoms with van der Waals surface area (Å²) in [6.07, 6.45) is -0.273. The largest absolute Gasteiger partial charge is 0.480 e. The third-order valence-corrected chi connectivity index (χ3v) is 2.19. The van der Waals surface area contributed by atoms with Crippen LogP contribution in [0.2, 0.25) is 0 Å². The Bertz CT molecular complexity index is 294. The predicted molar refractivity (Wildman–Crippen MR) is 69.3 cm³/mol. The highest BCUT2D eigenvalue weighted by Crippen LogP contribution is 2.13. The van der Waals surface area contributed by atoms with Crippen LogP contribution in [-0.2, 0) is 14.3 Å². The van der Waals surface area contributed by atoms with Crippen molar-refractivity contribution in [3.63, 3.8) is 0 Å². The van der Waals surface area contributed by atoms with Gasteiger partial charge in [0.05, 0.1) is 11.7 Å². The van der Waals surface area contributed by atoms with Crippen LogP contribution in [0.25, 0.3) is 0 Å². The molecule has 5 nitrogen and oxygen atoms in total. The van der Waals surface area contributed by atoms with Crippen LogP contribution in [0.3, 0.4) is 0 Å². The second-order valence-corrected chi connectivity index (χ2v) is 5.92. The Morgan fingerprint density at radius 2 is 1.72 bits per heavy atom. The van der Waals surface area contributed by atoms with E-state index in [9.17, 15) is 9.59 Å². The van der Waals surface area contributed by atoms with E-state index < -0.39 is 23.7 Å². The quantitative estimate of drug-likeness (QED) is 0.762. The van der Waals surface area contributed by atoms with Gasteiger partial charge in [0.1, 0.15) is 0 Å². The third kappa shape index (κ3) is 7.27. The van der Waals surface area contributed by atoms with Crippen LogP contribution in [0.5, 0.6) is 0 Å². The van der Waals surface area contributed by atoms with Crippen LogP contribution in [0.1, 0.15) is 48.0 Å². The zero-order chi connectivity index (χ0) is 14.5. The number of amides is 1. The molecule has 1 amide bonds. The van der Waals surface area contributed by atoms with Gasteiger partial charge in [-0.15, -0.1) is 0 Å². The minimum absolute atomic E-state index is 0.193. The number of ether oxygens (including phenoxy) is 1. The molecule has 0 aliphatic rings. The molecule has 0 aromatic heterocycles. The smallest absolute Gasteiger partial charge is 0.328 e. The van der Waals surface area contributed by atoms with Crippen molar-refractivity contribution in [3.8, 4) is 0 Å². The lowest BCUT2D eigenvalue weighted by atomic mass is 10.1. The first-order chi connectivity index (χ1) is 8.03. The van der Waals surface area contributed by atoms with Crippen molar-refractivity contribution in [1.82, 2.24) is 5.32 Å². The number of carbonyl (C=O) groups excluding carboxylic acids is 1. The Kier molecular flexibility index (Phi) is 6.32. The molecule has 0 saturated heterocycles. The summed E-state index contributed by atoms with van der Waals surface area (Å²) in [6, 6.07) is -1.02. The minimum Gasteiger partial charge on any atom is -0.480 e. The first-order valence-corrected chi connectivity index (χ1v) is 6.23. The van der Waals surface area contributed by atoms with E-state index >= 15 is 0 Å². The highest BCUT2D eigenvalue weighted by atomic mass is 16.5. The Morgan fingerprint density at radius 3 is 2.06 bits per heavy atom. The summed E-state index contributed by atoms with van der Waals surface area (Å²) < 4.78 is 5.57. The maximum Gasteiger partial charge on any atom is 0.328 e. The van der Waals surface area contributed by atoms with Gasteiger partial charge in [-0.1, -0.05) is 13.8 Å². The van der Waals surface area contributed by atoms with E-state index in [0.29, 0.717) is 6.42 Å². The van der Waals surface area contributed by atoms with Gasteiger partial charge >= 0.3 is 5.97 Å². The topological polar surface area (TPSA) is 75.6 Å². The molecule has 5 heteroatoms. The number of hydrogen-bond acceptors (Lipinski definition) is 3. The number of aliphatic carboxylic acids is 1. The van der Waals surface area contributed by atoms with E-state index in [4.69, 9.17) is 9.84 Å². The molecule has 2 N–H and O–H groups in total. The van der Waals surface area contributed by atoms with Crippen LogP contribution in [0, 0.1) is 5.92 Å². The van der Waals surface area contributed by atoms with Gasteiger partial charge in [-0.25, -0.2) is 4.79 Å². The number of carbonyl (C=O) groups is 2. The van der Waals surface area contributed by atoms with Gasteiger partial charge < -0.3 is 15.2 Å². The lowest BCUT2D eigenvalue weighted by Crippen LogP contribution is -2.50. The molecule has 0 saturated carbocycles. The molecule has 0 aromatic rings. The second-order valence-electron chi connectivity index (χ2n) is 5.92. The van der Waals surface area contributed by atoms with Crippen molar-refractivity contribution >= 4 is 11.9 Å². The van der Waals surface area contributed by atoms with E-state index in [2.05, 4.69) is 5.32 Å². The highest BCUT2D eigenvalue weighted by Gasteiger charge is 2.30. The molecule has 0 unspecified atom stereocenters. The highest BCUT2D eigenvalue weighted by molar-refractivity contribution is 5.84. The third-order valence-electron chi connectivity index (χ3n) is 2.19. The first-order valence-electron chi connectivity index (χ1n) is 6.23. The maximum atomic E-state index is 11.6. The van der Waals surface area contributed by atoms with Crippen molar-refractivity contribution < 1.29 is 19.4 Å². The van der Waals surface area contributed by atoms with Crippen molar-refractivity contribution in [3.05, 3.63) is 0 Å². The molecule has 0 aliphatic carbocycles. The monoisotopic (exact) mass is 259 g/mol. The van der Waals surface area contributed by atoms with Crippen molar-refractivity contribution in [2.24, 2.45) is 5.92 Å². The van der Waals surface area contributed by atoms with Gasteiger partial charge in [-0.2, -0.15) is 0 Å². The standard InChI is InChI=1S/C13H25NO4/c1-8(2)7-10(15)14-11(12(16)17)9(3)18-13(4,5)6/h8-9,11H,7H2,1-6H3,(H,14,15)(H,16,17)/t9-,11+/m1/s1. The van der Waals surface area contributed by atoms with Crippen LogP contribution in [0.4, 0.5) is 0 Å². The Balaban J connectivity index is 4.57. The Labute approximate surface area is 109 Å². The van der Waals surface area contributed by atoms with Crippen molar-refractivity contribution in [1.29, 1.82) is 0 Å². The van der Waals surface area contributed by atoms with Gasteiger partial charge in [0.25, 0.3) is 0 Å². The Morgan fingerprint density at radius 1 is 1.22 bits per heavy atom. The summed E-state index contributed by atoms with van der Waals surface area (Å²) >= 11 is 0. The second kappa shape index (κ2) is 6.73. The van der Waals surface area contributed by atoms with E-state index in [1.807, 2.05) is 34.6 Å². The molecule has 0 aliphatic heterocycles. The fourth-order valence-electron chi connectivity index (χ4n) is 1.61. The van der Waals surface area contributed by atoms with Gasteiger partial charge in [-0.05, 0) is 33.6 Å². The fraction of sp³-hybridized carbons (Fsp3) is 0.846. The molecule has 0 fully saturated rings. The minimum atomic E-state index is -1.08. The van der Waals surface area contributed by atoms with Crippen molar-refractivity contribution in [2.75, 3.05) is 0 Å². The summed E-state index contributed by atoms with van der Waals surface area (Å²) in [7, 11) is 0. The van der Waals surface area contributed by atoms with Crippen LogP contribution < -0.4 is 5.32 Å². The fourth-order valence-corrected chi connectivity index (χ4v) is 1.61. The zero-order valence-electron chi connectivity index (χ0n) is 12.1. The molecular weight excluding hydrogens is 234 g/mol. The zero-order valence-corrected chi connectivity index (χ0v) is 12.1. The molecule has 0 rings (SSSR count). The summed E-state index contributed by atoms with van der Waals surface area (Å²) in [5, 5.41) is 11.6. The normalized spacial score (nSPS) is 15.3. The van der Waals surface area contributed by atoms with Crippen LogP contribution >= 0.6 is 0 Å². The molecule has 106 valence electrons. The van der Waals surface area contributed by atoms with Gasteiger partial charge in [0, 0.05) is 6.42 Å². The molecule has 2 atom stereocenters. The van der Waals surface area contributed by atoms with E-state index in [-0.39, 0.29) is 11.8 Å². The number of rotatable bonds is 6. The lowest BCUT2D eigenvalue weighted by molar-refractivity contribution is -0.150. The van der Waals surface area contributed by atoms with E-state index in [1.54, 1.807) is 6.92 Å². The van der Waals surface area contributed by atoms with Gasteiger partial charge in [-0.3, -0.25) is 4.79 Å². The predicted octanol–water partition coefficient (Wildman–Crippen LogP) is 1.81. The molecule has 18 heavy (non-hydrogen) atoms. The van der Waals surface area contributed by atoms with Crippen LogP contribution in [-0.4, -0.2) is 34.7 Å². The molecule has 0 bridgehead atoms. The number of hydrogen-bond donors (Lipinski definition) is 2. The Hall–Kier alpha value is -1.10. The number of carboxylic acids is 1. The van der Waals surface area contributed by atoms with Gasteiger partial charge in [0.15, 0.2) is 6.04 Å². The SMILES string of the molecule is CC(C)CC(=O)N[C@H](C(=O)O)[C@@H](C)OC(C)(C)C. The number of nitrogens with one attached hydrogen (secondary N) is 1. The summed E-state index contributed by atoms with van der Waals surface area (Å²) in [5.74, 6) is -1.15. The molecule has 0 spiro atoms. The molecular formula is C13H25NO4. The average Bonchev–Trinajstić information content (AvgIpc) is 2.09. The molecule has 0 aromatic carbocycles. The summed E-state index contributed by atoms with van der Waals surface area (Å²) in [4.78, 5) is 22.8. The average molecular weight is 259 g/mol. The molecule has 0 heterocycles. The van der Waals surface area contributed by atoms with Gasteiger partial charge in [0.2, 0.25) is 5.91 Å². The van der Waals surface area contributed by atoms with Crippen molar-refractivity contribution in [2.45, 2.75) is 65.7 Å². The maximum absolute atomic E-state index is 11.6.